The molecule has 6 aromatic carbocycles. The van der Waals surface area contributed by atoms with E-state index in [0.29, 0.717) is 5.84 Å². The van der Waals surface area contributed by atoms with Gasteiger partial charge in [0, 0.05) is 55.4 Å². The van der Waals surface area contributed by atoms with Crippen molar-refractivity contribution >= 4 is 91.2 Å². The standard InChI is InChI=1S/C43H26IN3O2/c1-44-41(32-19-11-23-37-39(32)38-31(18-10-22-36(38)48-37)34-24-27-14-5-6-15-28(27)25-45-34)46-43(26-12-3-2-4-13-26)47-42(44)33-20-9-17-30-29-16-7-8-21-35(29)49-40(30)33/h2-25H,1H2. The molecule has 0 fully saturated rings. The molecule has 0 atom stereocenters. The molecule has 0 unspecified atom stereocenters. The molecule has 3 aromatic heterocycles. The highest BCUT2D eigenvalue weighted by atomic mass is 127. The maximum absolute atomic E-state index is 6.55. The number of aliphatic imine (C=N–C) groups is 2. The minimum Gasteiger partial charge on any atom is -0.456 e. The van der Waals surface area contributed by atoms with Crippen LogP contribution in [0.4, 0.5) is 0 Å². The second-order valence-corrected chi connectivity index (χ2v) is 16.1. The average molecular weight is 744 g/mol. The third-order valence-corrected chi connectivity index (χ3v) is 13.3. The van der Waals surface area contributed by atoms with E-state index in [-0.39, 0.29) is 0 Å². The summed E-state index contributed by atoms with van der Waals surface area (Å²) in [5.41, 5.74) is 8.15. The fourth-order valence-corrected chi connectivity index (χ4v) is 10.7. The Morgan fingerprint density at radius 3 is 2.04 bits per heavy atom. The number of aromatic nitrogens is 1. The van der Waals surface area contributed by atoms with E-state index in [0.717, 1.165) is 89.9 Å². The van der Waals surface area contributed by atoms with Gasteiger partial charge in [-0.1, -0.05) is 133 Å². The summed E-state index contributed by atoms with van der Waals surface area (Å²) in [4.78, 5) is 15.5. The van der Waals surface area contributed by atoms with E-state index in [4.69, 9.17) is 28.3 Å². The number of nitrogens with zero attached hydrogens (tertiary/aromatic N) is 3. The summed E-state index contributed by atoms with van der Waals surface area (Å²) in [7, 11) is 0. The normalized spacial score (nSPS) is 13.9. The van der Waals surface area contributed by atoms with Gasteiger partial charge in [0.05, 0.1) is 5.69 Å². The van der Waals surface area contributed by atoms with Crippen molar-refractivity contribution in [3.8, 4) is 11.3 Å². The van der Waals surface area contributed by atoms with Crippen LogP contribution in [-0.4, -0.2) is 22.7 Å². The fourth-order valence-electron chi connectivity index (χ4n) is 6.87. The summed E-state index contributed by atoms with van der Waals surface area (Å²) in [6.45, 7) is 0. The van der Waals surface area contributed by atoms with Crippen molar-refractivity contribution in [3.05, 3.63) is 162 Å². The molecule has 0 spiro atoms. The predicted octanol–water partition coefficient (Wildman–Crippen LogP) is 11.0. The Hall–Kier alpha value is -5.86. The van der Waals surface area contributed by atoms with Crippen LogP contribution in [-0.2, 0) is 0 Å². The molecule has 1 aliphatic heterocycles. The predicted molar refractivity (Wildman–Crippen MR) is 213 cm³/mol. The van der Waals surface area contributed by atoms with Crippen molar-refractivity contribution in [2.45, 2.75) is 0 Å². The first-order chi connectivity index (χ1) is 24.2. The summed E-state index contributed by atoms with van der Waals surface area (Å²) in [6.07, 6.45) is 1.94. The fraction of sp³-hybridized carbons (Fsp3) is 0. The van der Waals surface area contributed by atoms with Crippen LogP contribution in [0.25, 0.3) is 65.9 Å². The van der Waals surface area contributed by atoms with Gasteiger partial charge in [-0.15, -0.1) is 0 Å². The summed E-state index contributed by atoms with van der Waals surface area (Å²) in [5.74, 6) is 0.664. The molecule has 10 rings (SSSR count). The van der Waals surface area contributed by atoms with Crippen molar-refractivity contribution in [1.82, 2.24) is 4.98 Å². The molecule has 5 nitrogen and oxygen atoms in total. The quantitative estimate of drug-likeness (QED) is 0.169. The highest BCUT2D eigenvalue weighted by Crippen LogP contribution is 2.42. The highest BCUT2D eigenvalue weighted by molar-refractivity contribution is 14.2. The van der Waals surface area contributed by atoms with Crippen molar-refractivity contribution in [2.24, 2.45) is 9.98 Å². The largest absolute Gasteiger partial charge is 0.456 e. The summed E-state index contributed by atoms with van der Waals surface area (Å²) >= 11 is -2.50. The monoisotopic (exact) mass is 743 g/mol. The Bertz CT molecular complexity index is 2960. The second kappa shape index (κ2) is 11.1. The number of hydrogen-bond acceptors (Lipinski definition) is 5. The highest BCUT2D eigenvalue weighted by Gasteiger charge is 2.24. The molecular formula is C43H26IN3O2. The first-order valence-corrected chi connectivity index (χ1v) is 19.7. The van der Waals surface area contributed by atoms with Crippen LogP contribution < -0.4 is 0 Å². The Kier molecular flexibility index (Phi) is 6.39. The number of amidine groups is 1. The summed E-state index contributed by atoms with van der Waals surface area (Å²) in [5, 5.41) is 6.44. The first kappa shape index (κ1) is 28.2. The van der Waals surface area contributed by atoms with Crippen LogP contribution in [0.2, 0.25) is 0 Å². The second-order valence-electron chi connectivity index (χ2n) is 12.0. The van der Waals surface area contributed by atoms with E-state index in [9.17, 15) is 0 Å². The van der Waals surface area contributed by atoms with Gasteiger partial charge in [-0.05, 0) is 35.7 Å². The van der Waals surface area contributed by atoms with Gasteiger partial charge in [-0.2, -0.15) is 0 Å². The Labute approximate surface area is 287 Å². The number of rotatable bonds is 4. The van der Waals surface area contributed by atoms with E-state index < -0.39 is 18.9 Å². The van der Waals surface area contributed by atoms with Crippen LogP contribution in [0.15, 0.2) is 165 Å². The molecule has 232 valence electrons. The molecule has 0 amide bonds. The Morgan fingerprint density at radius 2 is 1.18 bits per heavy atom. The molecule has 4 heterocycles. The number of pyridine rings is 1. The summed E-state index contributed by atoms with van der Waals surface area (Å²) in [6, 6.07) is 47.6. The van der Waals surface area contributed by atoms with Gasteiger partial charge in [0.25, 0.3) is 0 Å². The van der Waals surface area contributed by atoms with Crippen LogP contribution in [0, 0.1) is 0 Å². The lowest BCUT2D eigenvalue weighted by molar-refractivity contribution is 0.668. The van der Waals surface area contributed by atoms with Gasteiger partial charge in [0.1, 0.15) is 29.7 Å². The minimum absolute atomic E-state index is 0.664. The molecule has 1 aliphatic rings. The number of fused-ring (bicyclic) bond motifs is 7. The van der Waals surface area contributed by atoms with Gasteiger partial charge in [0.2, 0.25) is 0 Å². The van der Waals surface area contributed by atoms with Crippen molar-refractivity contribution < 1.29 is 8.83 Å². The minimum atomic E-state index is -2.50. The zero-order valence-electron chi connectivity index (χ0n) is 26.1. The number of para-hydroxylation sites is 2. The van der Waals surface area contributed by atoms with Gasteiger partial charge in [0.15, 0.2) is 5.84 Å². The lowest BCUT2D eigenvalue weighted by atomic mass is 9.99. The molecule has 0 saturated heterocycles. The number of hydrogen-bond donors (Lipinski definition) is 0. The molecule has 49 heavy (non-hydrogen) atoms. The smallest absolute Gasteiger partial charge is 0.161 e. The maximum atomic E-state index is 6.55. The van der Waals surface area contributed by atoms with Crippen LogP contribution in [0.3, 0.4) is 0 Å². The molecule has 0 N–H and O–H groups in total. The van der Waals surface area contributed by atoms with E-state index in [2.05, 4.69) is 72.8 Å². The van der Waals surface area contributed by atoms with Crippen molar-refractivity contribution in [3.63, 3.8) is 0 Å². The summed E-state index contributed by atoms with van der Waals surface area (Å²) < 4.78 is 19.9. The topological polar surface area (TPSA) is 63.9 Å². The molecule has 0 radical (unpaired) electrons. The zero-order chi connectivity index (χ0) is 32.5. The Morgan fingerprint density at radius 1 is 0.531 bits per heavy atom. The van der Waals surface area contributed by atoms with E-state index >= 15 is 0 Å². The van der Waals surface area contributed by atoms with Crippen molar-refractivity contribution in [2.75, 3.05) is 0 Å². The first-order valence-electron chi connectivity index (χ1n) is 16.0. The van der Waals surface area contributed by atoms with E-state index in [1.165, 1.54) is 0 Å². The molecule has 9 aromatic rings. The van der Waals surface area contributed by atoms with Gasteiger partial charge < -0.3 is 8.83 Å². The van der Waals surface area contributed by atoms with Gasteiger partial charge in [-0.3, -0.25) is 4.98 Å². The lowest BCUT2D eigenvalue weighted by Crippen LogP contribution is -2.13. The maximum Gasteiger partial charge on any atom is 0.161 e. The van der Waals surface area contributed by atoms with Crippen LogP contribution >= 0.6 is 18.9 Å². The van der Waals surface area contributed by atoms with Crippen LogP contribution in [0.1, 0.15) is 16.7 Å². The van der Waals surface area contributed by atoms with Gasteiger partial charge >= 0.3 is 0 Å². The van der Waals surface area contributed by atoms with E-state index in [1.807, 2.05) is 72.9 Å². The molecule has 0 bridgehead atoms. The number of benzene rings is 6. The third-order valence-electron chi connectivity index (χ3n) is 9.15. The lowest BCUT2D eigenvalue weighted by Gasteiger charge is -2.17. The van der Waals surface area contributed by atoms with Crippen LogP contribution in [0.5, 0.6) is 0 Å². The molecule has 0 saturated carbocycles. The van der Waals surface area contributed by atoms with E-state index in [1.54, 1.807) is 0 Å². The Balaban J connectivity index is 1.26. The number of halogens is 1. The number of furan rings is 2. The van der Waals surface area contributed by atoms with Crippen molar-refractivity contribution in [1.29, 1.82) is 0 Å². The van der Waals surface area contributed by atoms with Gasteiger partial charge in [-0.25, -0.2) is 9.98 Å². The zero-order valence-corrected chi connectivity index (χ0v) is 28.3. The molecule has 6 heteroatoms. The average Bonchev–Trinajstić information content (AvgIpc) is 3.74. The molecular weight excluding hydrogens is 717 g/mol. The SMILES string of the molecule is C=I1=C(c2cccc3oc4cccc(-c5cc6ccccc6cn5)c4c23)N=C(c2ccccc2)N=C1c1cccc2c1oc1ccccc12. The third kappa shape index (κ3) is 4.48. The molecule has 0 aliphatic carbocycles.